The zero-order valence-electron chi connectivity index (χ0n) is 11.9. The number of carbonyl (C=O) groups is 1. The Morgan fingerprint density at radius 2 is 2.20 bits per heavy atom. The van der Waals surface area contributed by atoms with Crippen molar-refractivity contribution in [2.75, 3.05) is 35.7 Å². The quantitative estimate of drug-likeness (QED) is 0.645. The molecule has 0 bridgehead atoms. The predicted molar refractivity (Wildman–Crippen MR) is 85.3 cm³/mol. The Hall–Kier alpha value is -1.36. The Balaban J connectivity index is 2.06. The van der Waals surface area contributed by atoms with Crippen LogP contribution in [0.5, 0.6) is 0 Å². The van der Waals surface area contributed by atoms with Crippen molar-refractivity contribution in [1.29, 1.82) is 0 Å². The molecule has 4 nitrogen and oxygen atoms in total. The first kappa shape index (κ1) is 15.0. The van der Waals surface area contributed by atoms with E-state index in [1.807, 2.05) is 17.8 Å². The summed E-state index contributed by atoms with van der Waals surface area (Å²) in [4.78, 5) is 11.9. The summed E-state index contributed by atoms with van der Waals surface area (Å²) in [6, 6.07) is 5.35. The van der Waals surface area contributed by atoms with Gasteiger partial charge in [0.1, 0.15) is 0 Å². The van der Waals surface area contributed by atoms with Gasteiger partial charge in [-0.05, 0) is 49.3 Å². The highest BCUT2D eigenvalue weighted by Crippen LogP contribution is 2.27. The molecule has 1 aromatic rings. The predicted octanol–water partition coefficient (Wildman–Crippen LogP) is 3.00. The molecule has 5 heteroatoms. The Morgan fingerprint density at radius 1 is 1.45 bits per heavy atom. The fourth-order valence-corrected chi connectivity index (χ4v) is 3.55. The highest BCUT2D eigenvalue weighted by molar-refractivity contribution is 7.99. The molecule has 0 aliphatic carbocycles. The molecule has 0 aromatic heterocycles. The smallest absolute Gasteiger partial charge is 0.340 e. The van der Waals surface area contributed by atoms with Crippen molar-refractivity contribution in [3.63, 3.8) is 0 Å². The lowest BCUT2D eigenvalue weighted by Gasteiger charge is -2.23. The lowest BCUT2D eigenvalue weighted by molar-refractivity contribution is 0.0527. The van der Waals surface area contributed by atoms with Crippen LogP contribution in [0.15, 0.2) is 18.2 Å². The molecule has 3 N–H and O–H groups in total. The molecule has 2 rings (SSSR count). The summed E-state index contributed by atoms with van der Waals surface area (Å²) >= 11 is 2.01. The third-order valence-electron chi connectivity index (χ3n) is 3.50. The summed E-state index contributed by atoms with van der Waals surface area (Å²) in [5.74, 6) is 2.79. The number of hydrogen-bond acceptors (Lipinski definition) is 5. The molecule has 1 fully saturated rings. The Morgan fingerprint density at radius 3 is 2.90 bits per heavy atom. The minimum absolute atomic E-state index is 0.318. The minimum atomic E-state index is -0.318. The van der Waals surface area contributed by atoms with Crippen molar-refractivity contribution < 1.29 is 9.53 Å². The van der Waals surface area contributed by atoms with Crippen LogP contribution in [-0.4, -0.2) is 30.6 Å². The monoisotopic (exact) mass is 294 g/mol. The zero-order valence-corrected chi connectivity index (χ0v) is 12.7. The number of carbonyl (C=O) groups excluding carboxylic acids is 1. The van der Waals surface area contributed by atoms with E-state index >= 15 is 0 Å². The number of nitrogen functional groups attached to an aromatic ring is 1. The average molecular weight is 294 g/mol. The van der Waals surface area contributed by atoms with Crippen molar-refractivity contribution in [1.82, 2.24) is 0 Å². The molecule has 0 unspecified atom stereocenters. The molecule has 1 heterocycles. The van der Waals surface area contributed by atoms with E-state index in [9.17, 15) is 4.79 Å². The molecular weight excluding hydrogens is 272 g/mol. The van der Waals surface area contributed by atoms with Crippen molar-refractivity contribution in [3.05, 3.63) is 23.8 Å². The molecule has 1 saturated heterocycles. The highest BCUT2D eigenvalue weighted by atomic mass is 32.2. The van der Waals surface area contributed by atoms with Gasteiger partial charge in [-0.3, -0.25) is 0 Å². The third kappa shape index (κ3) is 3.82. The van der Waals surface area contributed by atoms with Crippen molar-refractivity contribution in [2.24, 2.45) is 5.92 Å². The summed E-state index contributed by atoms with van der Waals surface area (Å²) in [6.45, 7) is 3.03. The maximum absolute atomic E-state index is 11.9. The fraction of sp³-hybridized carbons (Fsp3) is 0.533. The van der Waals surface area contributed by atoms with Gasteiger partial charge in [0.15, 0.2) is 0 Å². The number of nitrogens with one attached hydrogen (secondary N) is 1. The summed E-state index contributed by atoms with van der Waals surface area (Å²) in [6.07, 6.45) is 2.44. The maximum Gasteiger partial charge on any atom is 0.340 e. The van der Waals surface area contributed by atoms with E-state index in [4.69, 9.17) is 10.5 Å². The molecule has 0 radical (unpaired) electrons. The molecule has 0 amide bonds. The lowest BCUT2D eigenvalue weighted by Crippen LogP contribution is -2.21. The Bertz CT molecular complexity index is 459. The van der Waals surface area contributed by atoms with Crippen molar-refractivity contribution in [2.45, 2.75) is 19.8 Å². The van der Waals surface area contributed by atoms with E-state index in [0.717, 1.165) is 6.54 Å². The van der Waals surface area contributed by atoms with Gasteiger partial charge in [0.25, 0.3) is 0 Å². The van der Waals surface area contributed by atoms with Gasteiger partial charge in [-0.2, -0.15) is 11.8 Å². The van der Waals surface area contributed by atoms with Crippen molar-refractivity contribution in [3.8, 4) is 0 Å². The van der Waals surface area contributed by atoms with Gasteiger partial charge < -0.3 is 15.8 Å². The van der Waals surface area contributed by atoms with Gasteiger partial charge in [-0.25, -0.2) is 4.79 Å². The molecule has 20 heavy (non-hydrogen) atoms. The fourth-order valence-electron chi connectivity index (χ4n) is 2.34. The van der Waals surface area contributed by atoms with Gasteiger partial charge >= 0.3 is 5.97 Å². The molecule has 0 atom stereocenters. The minimum Gasteiger partial charge on any atom is -0.462 e. The largest absolute Gasteiger partial charge is 0.462 e. The van der Waals surface area contributed by atoms with Crippen LogP contribution in [0.1, 0.15) is 30.1 Å². The second-order valence-corrected chi connectivity index (χ2v) is 6.15. The zero-order chi connectivity index (χ0) is 14.4. The van der Waals surface area contributed by atoms with Gasteiger partial charge in [0.05, 0.1) is 23.5 Å². The summed E-state index contributed by atoms with van der Waals surface area (Å²) in [7, 11) is 0. The van der Waals surface area contributed by atoms with E-state index < -0.39 is 0 Å². The number of para-hydroxylation sites is 1. The SMILES string of the molecule is CCOC(=O)c1cccc(N)c1NCC1CCSCC1. The van der Waals surface area contributed by atoms with Crippen LogP contribution in [0.4, 0.5) is 11.4 Å². The third-order valence-corrected chi connectivity index (χ3v) is 4.55. The maximum atomic E-state index is 11.9. The number of anilines is 2. The van der Waals surface area contributed by atoms with Crippen LogP contribution in [-0.2, 0) is 4.74 Å². The number of rotatable bonds is 5. The first-order valence-corrected chi connectivity index (χ1v) is 8.25. The van der Waals surface area contributed by atoms with E-state index in [-0.39, 0.29) is 5.97 Å². The van der Waals surface area contributed by atoms with Crippen LogP contribution in [0.3, 0.4) is 0 Å². The Kier molecular flexibility index (Phi) is 5.59. The lowest BCUT2D eigenvalue weighted by atomic mass is 10.0. The molecule has 1 aliphatic heterocycles. The molecule has 1 aromatic carbocycles. The number of hydrogen-bond donors (Lipinski definition) is 2. The topological polar surface area (TPSA) is 64.3 Å². The van der Waals surface area contributed by atoms with E-state index in [1.165, 1.54) is 24.3 Å². The van der Waals surface area contributed by atoms with E-state index in [1.54, 1.807) is 19.1 Å². The molecular formula is C15H22N2O2S. The average Bonchev–Trinajstić information content (AvgIpc) is 2.47. The van der Waals surface area contributed by atoms with Gasteiger partial charge in [-0.1, -0.05) is 6.07 Å². The summed E-state index contributed by atoms with van der Waals surface area (Å²) in [5, 5.41) is 3.36. The second kappa shape index (κ2) is 7.43. The molecule has 0 spiro atoms. The van der Waals surface area contributed by atoms with Crippen LogP contribution < -0.4 is 11.1 Å². The van der Waals surface area contributed by atoms with Crippen LogP contribution in [0, 0.1) is 5.92 Å². The molecule has 0 saturated carbocycles. The number of nitrogens with two attached hydrogens (primary N) is 1. The van der Waals surface area contributed by atoms with Gasteiger partial charge in [0, 0.05) is 6.54 Å². The Labute approximate surface area is 124 Å². The van der Waals surface area contributed by atoms with Crippen LogP contribution in [0.2, 0.25) is 0 Å². The normalized spacial score (nSPS) is 15.8. The van der Waals surface area contributed by atoms with Crippen LogP contribution in [0.25, 0.3) is 0 Å². The van der Waals surface area contributed by atoms with Crippen LogP contribution >= 0.6 is 11.8 Å². The number of esters is 1. The second-order valence-electron chi connectivity index (χ2n) is 4.93. The van der Waals surface area contributed by atoms with Gasteiger partial charge in [0.2, 0.25) is 0 Å². The number of benzene rings is 1. The van der Waals surface area contributed by atoms with Crippen molar-refractivity contribution >= 4 is 29.1 Å². The highest BCUT2D eigenvalue weighted by Gasteiger charge is 2.17. The number of ether oxygens (including phenoxy) is 1. The standard InChI is InChI=1S/C15H22N2O2S/c1-2-19-15(18)12-4-3-5-13(16)14(12)17-10-11-6-8-20-9-7-11/h3-5,11,17H,2,6-10,16H2,1H3. The summed E-state index contributed by atoms with van der Waals surface area (Å²) < 4.78 is 5.08. The van der Waals surface area contributed by atoms with E-state index in [0.29, 0.717) is 29.5 Å². The summed E-state index contributed by atoms with van der Waals surface area (Å²) in [5.41, 5.74) is 7.83. The first-order chi connectivity index (χ1) is 9.72. The molecule has 1 aliphatic rings. The first-order valence-electron chi connectivity index (χ1n) is 7.09. The molecule has 110 valence electrons. The van der Waals surface area contributed by atoms with Gasteiger partial charge in [-0.15, -0.1) is 0 Å². The number of thioether (sulfide) groups is 1. The van der Waals surface area contributed by atoms with E-state index in [2.05, 4.69) is 5.32 Å².